The fraction of sp³-hybridized carbons (Fsp3) is 0.167. The zero-order chi connectivity index (χ0) is 17.7. The van der Waals surface area contributed by atoms with Gasteiger partial charge in [-0.2, -0.15) is 13.2 Å². The fourth-order valence-electron chi connectivity index (χ4n) is 2.11. The maximum absolute atomic E-state index is 12.7. The van der Waals surface area contributed by atoms with E-state index in [1.165, 1.54) is 25.3 Å². The number of anilines is 1. The number of carbonyl (C=O) groups excluding carboxylic acids is 1. The van der Waals surface area contributed by atoms with Crippen LogP contribution in [0, 0.1) is 6.92 Å². The number of amides is 1. The molecule has 24 heavy (non-hydrogen) atoms. The van der Waals surface area contributed by atoms with E-state index in [4.69, 9.17) is 4.74 Å². The zero-order valence-corrected chi connectivity index (χ0v) is 13.1. The molecule has 126 valence electrons. The Bertz CT molecular complexity index is 767. The van der Waals surface area contributed by atoms with E-state index < -0.39 is 17.6 Å². The highest BCUT2D eigenvalue weighted by atomic mass is 19.4. The van der Waals surface area contributed by atoms with Gasteiger partial charge >= 0.3 is 6.18 Å². The maximum atomic E-state index is 12.7. The van der Waals surface area contributed by atoms with Crippen molar-refractivity contribution in [2.24, 2.45) is 0 Å². The molecule has 0 aliphatic heterocycles. The number of rotatable bonds is 4. The van der Waals surface area contributed by atoms with Crippen LogP contribution in [0.5, 0.6) is 5.75 Å². The molecule has 0 unspecified atom stereocenters. The van der Waals surface area contributed by atoms with E-state index in [0.29, 0.717) is 11.3 Å². The number of nitrogens with one attached hydrogen (secondary N) is 1. The average molecular weight is 335 g/mol. The van der Waals surface area contributed by atoms with Crippen molar-refractivity contribution in [3.8, 4) is 5.75 Å². The molecule has 1 N–H and O–H groups in total. The standard InChI is InChI=1S/C18H16F3NO2/c1-12-6-8-16(24-2)13(10-12)7-9-17(23)22-15-5-3-4-14(11-15)18(19,20)21/h3-11H,1-2H3,(H,22,23)/b9-7+. The molecular weight excluding hydrogens is 319 g/mol. The van der Waals surface area contributed by atoms with Crippen LogP contribution in [0.25, 0.3) is 6.08 Å². The van der Waals surface area contributed by atoms with E-state index >= 15 is 0 Å². The molecule has 0 atom stereocenters. The first kappa shape index (κ1) is 17.6. The Hall–Kier alpha value is -2.76. The van der Waals surface area contributed by atoms with Crippen LogP contribution in [0.4, 0.5) is 18.9 Å². The van der Waals surface area contributed by atoms with Crippen molar-refractivity contribution in [2.45, 2.75) is 13.1 Å². The lowest BCUT2D eigenvalue weighted by molar-refractivity contribution is -0.137. The quantitative estimate of drug-likeness (QED) is 0.824. The summed E-state index contributed by atoms with van der Waals surface area (Å²) in [6, 6.07) is 9.97. The summed E-state index contributed by atoms with van der Waals surface area (Å²) in [5, 5.41) is 2.41. The van der Waals surface area contributed by atoms with E-state index in [1.807, 2.05) is 19.1 Å². The number of methoxy groups -OCH3 is 1. The van der Waals surface area contributed by atoms with Crippen LogP contribution in [0.1, 0.15) is 16.7 Å². The van der Waals surface area contributed by atoms with Gasteiger partial charge in [-0.1, -0.05) is 17.7 Å². The molecular formula is C18H16F3NO2. The third-order valence-electron chi connectivity index (χ3n) is 3.26. The van der Waals surface area contributed by atoms with Crippen LogP contribution >= 0.6 is 0 Å². The minimum Gasteiger partial charge on any atom is -0.496 e. The third kappa shape index (κ3) is 4.62. The van der Waals surface area contributed by atoms with Crippen molar-refractivity contribution in [1.82, 2.24) is 0 Å². The Morgan fingerprint density at radius 1 is 1.17 bits per heavy atom. The van der Waals surface area contributed by atoms with Gasteiger partial charge < -0.3 is 10.1 Å². The summed E-state index contributed by atoms with van der Waals surface area (Å²) in [5.41, 5.74) is 0.964. The number of carbonyl (C=O) groups is 1. The van der Waals surface area contributed by atoms with Crippen LogP contribution in [-0.2, 0) is 11.0 Å². The van der Waals surface area contributed by atoms with Crippen molar-refractivity contribution in [2.75, 3.05) is 12.4 Å². The number of hydrogen-bond acceptors (Lipinski definition) is 2. The lowest BCUT2D eigenvalue weighted by Crippen LogP contribution is -2.10. The van der Waals surface area contributed by atoms with E-state index in [9.17, 15) is 18.0 Å². The highest BCUT2D eigenvalue weighted by Crippen LogP contribution is 2.30. The molecule has 0 saturated carbocycles. The number of aryl methyl sites for hydroxylation is 1. The van der Waals surface area contributed by atoms with Crippen molar-refractivity contribution >= 4 is 17.7 Å². The summed E-state index contributed by atoms with van der Waals surface area (Å²) in [6.07, 6.45) is -1.65. The minimum atomic E-state index is -4.45. The first-order chi connectivity index (χ1) is 11.3. The lowest BCUT2D eigenvalue weighted by Gasteiger charge is -2.09. The van der Waals surface area contributed by atoms with Crippen LogP contribution in [0.15, 0.2) is 48.5 Å². The summed E-state index contributed by atoms with van der Waals surface area (Å²) in [7, 11) is 1.52. The summed E-state index contributed by atoms with van der Waals surface area (Å²) in [5.74, 6) is 0.0709. The lowest BCUT2D eigenvalue weighted by atomic mass is 10.1. The van der Waals surface area contributed by atoms with Crippen LogP contribution in [0.2, 0.25) is 0 Å². The van der Waals surface area contributed by atoms with Gasteiger partial charge in [-0.05, 0) is 43.3 Å². The molecule has 0 heterocycles. The van der Waals surface area contributed by atoms with Gasteiger partial charge in [-0.15, -0.1) is 0 Å². The third-order valence-corrected chi connectivity index (χ3v) is 3.26. The van der Waals surface area contributed by atoms with Crippen LogP contribution in [-0.4, -0.2) is 13.0 Å². The van der Waals surface area contributed by atoms with E-state index in [0.717, 1.165) is 17.7 Å². The Morgan fingerprint density at radius 2 is 1.92 bits per heavy atom. The smallest absolute Gasteiger partial charge is 0.416 e. The van der Waals surface area contributed by atoms with E-state index in [1.54, 1.807) is 12.1 Å². The number of hydrogen-bond donors (Lipinski definition) is 1. The summed E-state index contributed by atoms with van der Waals surface area (Å²) >= 11 is 0. The Morgan fingerprint density at radius 3 is 2.58 bits per heavy atom. The second-order valence-corrected chi connectivity index (χ2v) is 5.15. The predicted molar refractivity (Wildman–Crippen MR) is 86.8 cm³/mol. The molecule has 0 saturated heterocycles. The first-order valence-electron chi connectivity index (χ1n) is 7.10. The highest BCUT2D eigenvalue weighted by molar-refractivity contribution is 6.02. The Labute approximate surface area is 137 Å². The van der Waals surface area contributed by atoms with Crippen molar-refractivity contribution < 1.29 is 22.7 Å². The number of halogens is 3. The van der Waals surface area contributed by atoms with Crippen molar-refractivity contribution in [3.05, 3.63) is 65.2 Å². The largest absolute Gasteiger partial charge is 0.496 e. The van der Waals surface area contributed by atoms with Gasteiger partial charge in [0.25, 0.3) is 0 Å². The topological polar surface area (TPSA) is 38.3 Å². The molecule has 0 bridgehead atoms. The second kappa shape index (κ2) is 7.21. The predicted octanol–water partition coefficient (Wildman–Crippen LogP) is 4.67. The molecule has 1 amide bonds. The van der Waals surface area contributed by atoms with Gasteiger partial charge in [-0.25, -0.2) is 0 Å². The van der Waals surface area contributed by atoms with Gasteiger partial charge in [0.15, 0.2) is 0 Å². The van der Waals surface area contributed by atoms with E-state index in [-0.39, 0.29) is 5.69 Å². The second-order valence-electron chi connectivity index (χ2n) is 5.15. The fourth-order valence-corrected chi connectivity index (χ4v) is 2.11. The summed E-state index contributed by atoms with van der Waals surface area (Å²) in [4.78, 5) is 11.9. The molecule has 2 rings (SSSR count). The SMILES string of the molecule is COc1ccc(C)cc1/C=C/C(=O)Nc1cccc(C(F)(F)F)c1. The summed E-state index contributed by atoms with van der Waals surface area (Å²) < 4.78 is 43.2. The molecule has 3 nitrogen and oxygen atoms in total. The molecule has 0 fully saturated rings. The van der Waals surface area contributed by atoms with Gasteiger partial charge in [0.2, 0.25) is 5.91 Å². The van der Waals surface area contributed by atoms with Crippen molar-refractivity contribution in [3.63, 3.8) is 0 Å². The summed E-state index contributed by atoms with van der Waals surface area (Å²) in [6.45, 7) is 1.90. The van der Waals surface area contributed by atoms with Gasteiger partial charge in [0, 0.05) is 17.3 Å². The maximum Gasteiger partial charge on any atom is 0.416 e. The minimum absolute atomic E-state index is 0.0793. The van der Waals surface area contributed by atoms with Gasteiger partial charge in [-0.3, -0.25) is 4.79 Å². The molecule has 0 spiro atoms. The molecule has 6 heteroatoms. The molecule has 0 aliphatic rings. The average Bonchev–Trinajstić information content (AvgIpc) is 2.52. The molecule has 0 aromatic heterocycles. The van der Waals surface area contributed by atoms with Crippen LogP contribution < -0.4 is 10.1 Å². The molecule has 0 aliphatic carbocycles. The van der Waals surface area contributed by atoms with Gasteiger partial charge in [0.1, 0.15) is 5.75 Å². The first-order valence-corrected chi connectivity index (χ1v) is 7.10. The van der Waals surface area contributed by atoms with Gasteiger partial charge in [0.05, 0.1) is 12.7 Å². The van der Waals surface area contributed by atoms with Crippen molar-refractivity contribution in [1.29, 1.82) is 0 Å². The molecule has 2 aromatic carbocycles. The highest BCUT2D eigenvalue weighted by Gasteiger charge is 2.30. The Balaban J connectivity index is 2.13. The number of benzene rings is 2. The zero-order valence-electron chi connectivity index (χ0n) is 13.1. The molecule has 0 radical (unpaired) electrons. The monoisotopic (exact) mass is 335 g/mol. The number of alkyl halides is 3. The van der Waals surface area contributed by atoms with Crippen LogP contribution in [0.3, 0.4) is 0 Å². The Kier molecular flexibility index (Phi) is 5.28. The van der Waals surface area contributed by atoms with E-state index in [2.05, 4.69) is 5.32 Å². The molecule has 2 aromatic rings. The normalized spacial score (nSPS) is 11.5. The number of ether oxygens (including phenoxy) is 1.